The van der Waals surface area contributed by atoms with Crippen LogP contribution in [0.1, 0.15) is 24.0 Å². The summed E-state index contributed by atoms with van der Waals surface area (Å²) in [4.78, 5) is 8.00. The average molecular weight is 232 g/mol. The maximum atomic E-state index is 4.00. The molecule has 2 aromatic heterocycles. The van der Waals surface area contributed by atoms with E-state index in [1.165, 1.54) is 0 Å². The van der Waals surface area contributed by atoms with Gasteiger partial charge in [0.2, 0.25) is 0 Å². The molecular weight excluding hydrogens is 220 g/mol. The van der Waals surface area contributed by atoms with E-state index in [0.29, 0.717) is 0 Å². The van der Waals surface area contributed by atoms with Crippen LogP contribution < -0.4 is 0 Å². The smallest absolute Gasteiger partial charge is 0.0428 e. The summed E-state index contributed by atoms with van der Waals surface area (Å²) in [5.41, 5.74) is 1.88. The van der Waals surface area contributed by atoms with Crippen molar-refractivity contribution in [1.29, 1.82) is 0 Å². The zero-order valence-electron chi connectivity index (χ0n) is 9.93. The lowest BCUT2D eigenvalue weighted by molar-refractivity contribution is 1.12. The number of nitrogens with zero attached hydrogens (tertiary/aromatic N) is 2. The number of aromatic nitrogens is 2. The van der Waals surface area contributed by atoms with Crippen LogP contribution in [0, 0.1) is 23.7 Å². The quantitative estimate of drug-likeness (QED) is 0.558. The Balaban J connectivity index is 1.81. The minimum absolute atomic E-state index is 0.766. The molecule has 0 saturated carbocycles. The maximum Gasteiger partial charge on any atom is 0.0428 e. The summed E-state index contributed by atoms with van der Waals surface area (Å²) in [6.45, 7) is 0. The van der Waals surface area contributed by atoms with Gasteiger partial charge in [-0.05, 0) is 24.3 Å². The molecule has 86 valence electrons. The summed E-state index contributed by atoms with van der Waals surface area (Å²) in [5, 5.41) is 0. The molecule has 2 nitrogen and oxygen atoms in total. The summed E-state index contributed by atoms with van der Waals surface area (Å²) >= 11 is 0. The van der Waals surface area contributed by atoms with Gasteiger partial charge in [0.1, 0.15) is 0 Å². The molecule has 0 aromatic carbocycles. The largest absolute Gasteiger partial charge is 0.263 e. The van der Waals surface area contributed by atoms with Crippen LogP contribution in [0.4, 0.5) is 0 Å². The van der Waals surface area contributed by atoms with E-state index in [1.807, 2.05) is 24.3 Å². The molecule has 0 atom stereocenters. The van der Waals surface area contributed by atoms with Gasteiger partial charge in [0, 0.05) is 48.8 Å². The van der Waals surface area contributed by atoms with E-state index in [0.717, 1.165) is 24.0 Å². The molecule has 0 aliphatic carbocycles. The Morgan fingerprint density at radius 2 is 1.28 bits per heavy atom. The Morgan fingerprint density at radius 1 is 0.778 bits per heavy atom. The highest BCUT2D eigenvalue weighted by atomic mass is 14.6. The molecule has 18 heavy (non-hydrogen) atoms. The monoisotopic (exact) mass is 232 g/mol. The summed E-state index contributed by atoms with van der Waals surface area (Å²) < 4.78 is 0. The van der Waals surface area contributed by atoms with Crippen molar-refractivity contribution < 1.29 is 0 Å². The second-order valence-electron chi connectivity index (χ2n) is 3.59. The van der Waals surface area contributed by atoms with E-state index in [-0.39, 0.29) is 0 Å². The van der Waals surface area contributed by atoms with Crippen molar-refractivity contribution in [2.45, 2.75) is 12.8 Å². The highest BCUT2D eigenvalue weighted by Gasteiger charge is 1.83. The Morgan fingerprint density at radius 3 is 1.67 bits per heavy atom. The number of hydrogen-bond donors (Lipinski definition) is 0. The molecule has 2 rings (SSSR count). The molecule has 0 aliphatic rings. The zero-order chi connectivity index (χ0) is 12.5. The van der Waals surface area contributed by atoms with Gasteiger partial charge in [0.05, 0.1) is 0 Å². The highest BCUT2D eigenvalue weighted by Crippen LogP contribution is 1.94. The first-order chi connectivity index (χ1) is 8.95. The number of hydrogen-bond acceptors (Lipinski definition) is 2. The summed E-state index contributed by atoms with van der Waals surface area (Å²) in [6.07, 6.45) is 8.53. The van der Waals surface area contributed by atoms with Crippen molar-refractivity contribution in [2.24, 2.45) is 0 Å². The fourth-order valence-corrected chi connectivity index (χ4v) is 1.33. The predicted octanol–water partition coefficient (Wildman–Crippen LogP) is 2.66. The first-order valence-corrected chi connectivity index (χ1v) is 5.73. The SMILES string of the molecule is C(#Cc1cccnc1)CCC#Cc1cccnc1. The topological polar surface area (TPSA) is 25.8 Å². The van der Waals surface area contributed by atoms with Gasteiger partial charge >= 0.3 is 0 Å². The van der Waals surface area contributed by atoms with Gasteiger partial charge in [0.25, 0.3) is 0 Å². The van der Waals surface area contributed by atoms with Crippen molar-refractivity contribution >= 4 is 0 Å². The van der Waals surface area contributed by atoms with Crippen LogP contribution in [0.15, 0.2) is 49.1 Å². The average Bonchev–Trinajstić information content (AvgIpc) is 2.45. The maximum absolute atomic E-state index is 4.00. The highest BCUT2D eigenvalue weighted by molar-refractivity contribution is 5.32. The van der Waals surface area contributed by atoms with Crippen LogP contribution in [-0.2, 0) is 0 Å². The number of unbranched alkanes of at least 4 members (excludes halogenated alkanes) is 1. The van der Waals surface area contributed by atoms with Gasteiger partial charge in [0.15, 0.2) is 0 Å². The molecule has 0 aliphatic heterocycles. The van der Waals surface area contributed by atoms with Gasteiger partial charge in [-0.3, -0.25) is 9.97 Å². The molecule has 2 heteroatoms. The third kappa shape index (κ3) is 4.12. The minimum Gasteiger partial charge on any atom is -0.263 e. The fourth-order valence-electron chi connectivity index (χ4n) is 1.33. The summed E-state index contributed by atoms with van der Waals surface area (Å²) in [7, 11) is 0. The first-order valence-electron chi connectivity index (χ1n) is 5.73. The standard InChI is InChI=1S/C16H12N2/c1(3-7-15-9-5-11-17-13-15)2-4-8-16-10-6-12-18-14-16/h5-6,9-14H,1-2H2. The lowest BCUT2D eigenvalue weighted by atomic mass is 10.2. The lowest BCUT2D eigenvalue weighted by Crippen LogP contribution is -1.76. The molecule has 0 radical (unpaired) electrons. The fraction of sp³-hybridized carbons (Fsp3) is 0.125. The molecule has 0 amide bonds. The molecule has 2 aromatic rings. The molecule has 0 bridgehead atoms. The van der Waals surface area contributed by atoms with Crippen molar-refractivity contribution in [3.63, 3.8) is 0 Å². The van der Waals surface area contributed by atoms with E-state index in [9.17, 15) is 0 Å². The van der Waals surface area contributed by atoms with Crippen LogP contribution in [0.3, 0.4) is 0 Å². The van der Waals surface area contributed by atoms with Gasteiger partial charge < -0.3 is 0 Å². The molecule has 0 spiro atoms. The van der Waals surface area contributed by atoms with E-state index >= 15 is 0 Å². The lowest BCUT2D eigenvalue weighted by Gasteiger charge is -1.86. The Kier molecular flexibility index (Phi) is 4.55. The van der Waals surface area contributed by atoms with E-state index in [1.54, 1.807) is 24.8 Å². The van der Waals surface area contributed by atoms with Crippen LogP contribution >= 0.6 is 0 Å². The van der Waals surface area contributed by atoms with Crippen molar-refractivity contribution in [3.8, 4) is 23.7 Å². The van der Waals surface area contributed by atoms with Gasteiger partial charge in [-0.25, -0.2) is 0 Å². The predicted molar refractivity (Wildman–Crippen MR) is 71.5 cm³/mol. The van der Waals surface area contributed by atoms with Crippen molar-refractivity contribution in [1.82, 2.24) is 9.97 Å². The molecule has 0 N–H and O–H groups in total. The van der Waals surface area contributed by atoms with E-state index in [4.69, 9.17) is 0 Å². The Bertz CT molecular complexity index is 538. The van der Waals surface area contributed by atoms with Crippen LogP contribution in [0.5, 0.6) is 0 Å². The number of rotatable bonds is 1. The van der Waals surface area contributed by atoms with Gasteiger partial charge in [-0.1, -0.05) is 23.7 Å². The van der Waals surface area contributed by atoms with Crippen molar-refractivity contribution in [2.75, 3.05) is 0 Å². The molecular formula is C16H12N2. The third-order valence-corrected chi connectivity index (χ3v) is 2.16. The second kappa shape index (κ2) is 6.89. The summed E-state index contributed by atoms with van der Waals surface area (Å²) in [5.74, 6) is 12.3. The molecule has 0 fully saturated rings. The van der Waals surface area contributed by atoms with Crippen LogP contribution in [0.25, 0.3) is 0 Å². The zero-order valence-corrected chi connectivity index (χ0v) is 9.93. The molecule has 0 unspecified atom stereocenters. The van der Waals surface area contributed by atoms with E-state index < -0.39 is 0 Å². The second-order valence-corrected chi connectivity index (χ2v) is 3.59. The van der Waals surface area contributed by atoms with Gasteiger partial charge in [-0.2, -0.15) is 0 Å². The van der Waals surface area contributed by atoms with E-state index in [2.05, 4.69) is 33.6 Å². The van der Waals surface area contributed by atoms with Crippen LogP contribution in [-0.4, -0.2) is 9.97 Å². The van der Waals surface area contributed by atoms with Gasteiger partial charge in [-0.15, -0.1) is 0 Å². The Labute approximate surface area is 107 Å². The first kappa shape index (κ1) is 11.9. The summed E-state index contributed by atoms with van der Waals surface area (Å²) in [6, 6.07) is 7.65. The minimum atomic E-state index is 0.766. The normalized spacial score (nSPS) is 8.67. The van der Waals surface area contributed by atoms with Crippen LogP contribution in [0.2, 0.25) is 0 Å². The third-order valence-electron chi connectivity index (χ3n) is 2.16. The number of pyridine rings is 2. The molecule has 0 saturated heterocycles. The Hall–Kier alpha value is -2.58. The van der Waals surface area contributed by atoms with Crippen molar-refractivity contribution in [3.05, 3.63) is 60.2 Å². The molecule has 2 heterocycles.